The van der Waals surface area contributed by atoms with E-state index in [0.717, 1.165) is 11.3 Å². The molecule has 0 aliphatic carbocycles. The number of hydrogen-bond donors (Lipinski definition) is 1. The van der Waals surface area contributed by atoms with Crippen molar-refractivity contribution in [1.29, 1.82) is 0 Å². The zero-order valence-corrected chi connectivity index (χ0v) is 13.3. The smallest absolute Gasteiger partial charge is 0.240 e. The van der Waals surface area contributed by atoms with Crippen LogP contribution >= 0.6 is 11.3 Å². The average molecular weight is 333 g/mol. The summed E-state index contributed by atoms with van der Waals surface area (Å²) < 4.78 is 32.8. The zero-order chi connectivity index (χ0) is 15.4. The molecule has 0 bridgehead atoms. The van der Waals surface area contributed by atoms with E-state index in [9.17, 15) is 8.42 Å². The van der Waals surface area contributed by atoms with Crippen molar-refractivity contribution in [2.24, 2.45) is 0 Å². The molecule has 0 aliphatic heterocycles. The fourth-order valence-corrected chi connectivity index (χ4v) is 4.00. The molecule has 0 amide bonds. The van der Waals surface area contributed by atoms with Crippen molar-refractivity contribution in [2.45, 2.75) is 10.8 Å². The first-order valence-corrected chi connectivity index (χ1v) is 9.19. The highest BCUT2D eigenvalue weighted by Crippen LogP contribution is 2.26. The van der Waals surface area contributed by atoms with Crippen molar-refractivity contribution in [3.05, 3.63) is 76.9 Å². The van der Waals surface area contributed by atoms with Crippen LogP contribution in [0.15, 0.2) is 74.9 Å². The molecule has 3 aromatic rings. The molecule has 4 nitrogen and oxygen atoms in total. The Balaban J connectivity index is 1.81. The molecule has 1 atom stereocenters. The van der Waals surface area contributed by atoms with Crippen molar-refractivity contribution in [3.8, 4) is 0 Å². The lowest BCUT2D eigenvalue weighted by atomic mass is 10.00. The van der Waals surface area contributed by atoms with Crippen molar-refractivity contribution in [3.63, 3.8) is 0 Å². The maximum absolute atomic E-state index is 12.3. The summed E-state index contributed by atoms with van der Waals surface area (Å²) in [7, 11) is -3.53. The Morgan fingerprint density at radius 2 is 1.91 bits per heavy atom. The lowest BCUT2D eigenvalue weighted by Gasteiger charge is -2.14. The van der Waals surface area contributed by atoms with Crippen molar-refractivity contribution in [1.82, 2.24) is 4.72 Å². The van der Waals surface area contributed by atoms with Crippen molar-refractivity contribution < 1.29 is 12.8 Å². The zero-order valence-electron chi connectivity index (χ0n) is 11.7. The molecule has 1 N–H and O–H groups in total. The van der Waals surface area contributed by atoms with Gasteiger partial charge in [0.05, 0.1) is 17.1 Å². The molecule has 3 rings (SSSR count). The third-order valence-electron chi connectivity index (χ3n) is 3.36. The van der Waals surface area contributed by atoms with Gasteiger partial charge < -0.3 is 4.42 Å². The number of furan rings is 1. The number of sulfonamides is 1. The largest absolute Gasteiger partial charge is 0.469 e. The van der Waals surface area contributed by atoms with E-state index in [-0.39, 0.29) is 17.4 Å². The molecule has 0 aliphatic rings. The SMILES string of the molecule is O=S(=O)(NCC(c1ccsc1)c1ccco1)c1ccccc1. The van der Waals surface area contributed by atoms with Gasteiger partial charge in [-0.15, -0.1) is 0 Å². The van der Waals surface area contributed by atoms with Gasteiger partial charge in [-0.05, 0) is 46.7 Å². The van der Waals surface area contributed by atoms with Gasteiger partial charge in [0.1, 0.15) is 5.76 Å². The summed E-state index contributed by atoms with van der Waals surface area (Å²) in [6.45, 7) is 0.251. The maximum Gasteiger partial charge on any atom is 0.240 e. The normalized spacial score (nSPS) is 13.1. The monoisotopic (exact) mass is 333 g/mol. The Bertz CT molecular complexity index is 760. The van der Waals surface area contributed by atoms with Crippen LogP contribution in [0, 0.1) is 0 Å². The highest BCUT2D eigenvalue weighted by atomic mass is 32.2. The standard InChI is InChI=1S/C16H15NO3S2/c18-22(19,14-5-2-1-3-6-14)17-11-15(13-8-10-21-12-13)16-7-4-9-20-16/h1-10,12,15,17H,11H2. The number of thiophene rings is 1. The summed E-state index contributed by atoms with van der Waals surface area (Å²) in [4.78, 5) is 0.263. The van der Waals surface area contributed by atoms with Gasteiger partial charge in [0.25, 0.3) is 0 Å². The van der Waals surface area contributed by atoms with Gasteiger partial charge >= 0.3 is 0 Å². The van der Waals surface area contributed by atoms with Crippen molar-refractivity contribution in [2.75, 3.05) is 6.54 Å². The maximum atomic E-state index is 12.3. The van der Waals surface area contributed by atoms with E-state index in [1.807, 2.05) is 22.9 Å². The molecule has 0 saturated heterocycles. The second kappa shape index (κ2) is 6.48. The first-order valence-electron chi connectivity index (χ1n) is 6.77. The molecular weight excluding hydrogens is 318 g/mol. The second-order valence-electron chi connectivity index (χ2n) is 4.79. The molecule has 1 unspecified atom stereocenters. The minimum atomic E-state index is -3.53. The first kappa shape index (κ1) is 15.0. The summed E-state index contributed by atoms with van der Waals surface area (Å²) in [5.41, 5.74) is 1.04. The van der Waals surface area contributed by atoms with E-state index >= 15 is 0 Å². The Morgan fingerprint density at radius 1 is 1.09 bits per heavy atom. The van der Waals surface area contributed by atoms with Gasteiger partial charge in [0.2, 0.25) is 10.0 Å². The Morgan fingerprint density at radius 3 is 2.55 bits per heavy atom. The Hall–Kier alpha value is -1.89. The molecule has 0 radical (unpaired) electrons. The average Bonchev–Trinajstić information content (AvgIpc) is 3.22. The molecular formula is C16H15NO3S2. The number of hydrogen-bond acceptors (Lipinski definition) is 4. The summed E-state index contributed by atoms with van der Waals surface area (Å²) >= 11 is 1.58. The fourth-order valence-electron chi connectivity index (χ4n) is 2.22. The van der Waals surface area contributed by atoms with E-state index in [1.54, 1.807) is 54.0 Å². The number of benzene rings is 1. The Labute approximate surface area is 133 Å². The molecule has 6 heteroatoms. The van der Waals surface area contributed by atoms with Crippen LogP contribution in [0.3, 0.4) is 0 Å². The van der Waals surface area contributed by atoms with Crippen LogP contribution in [0.5, 0.6) is 0 Å². The van der Waals surface area contributed by atoms with E-state index in [2.05, 4.69) is 4.72 Å². The lowest BCUT2D eigenvalue weighted by Crippen LogP contribution is -2.28. The third-order valence-corrected chi connectivity index (χ3v) is 5.50. The molecule has 0 spiro atoms. The van der Waals surface area contributed by atoms with Crippen LogP contribution in [-0.4, -0.2) is 15.0 Å². The lowest BCUT2D eigenvalue weighted by molar-refractivity contribution is 0.481. The van der Waals surface area contributed by atoms with Gasteiger partial charge in [-0.25, -0.2) is 13.1 Å². The third kappa shape index (κ3) is 3.30. The molecule has 0 saturated carbocycles. The second-order valence-corrected chi connectivity index (χ2v) is 7.34. The summed E-state index contributed by atoms with van der Waals surface area (Å²) in [6.07, 6.45) is 1.60. The predicted octanol–water partition coefficient (Wildman–Crippen LogP) is 3.45. The van der Waals surface area contributed by atoms with Crippen LogP contribution in [0.4, 0.5) is 0 Å². The molecule has 2 aromatic heterocycles. The fraction of sp³-hybridized carbons (Fsp3) is 0.125. The van der Waals surface area contributed by atoms with Gasteiger partial charge in [0, 0.05) is 6.54 Å². The van der Waals surface area contributed by atoms with Crippen LogP contribution < -0.4 is 4.72 Å². The minimum absolute atomic E-state index is 0.139. The van der Waals surface area contributed by atoms with E-state index in [0.29, 0.717) is 0 Å². The molecule has 2 heterocycles. The summed E-state index contributed by atoms with van der Waals surface area (Å²) in [5.74, 6) is 0.605. The van der Waals surface area contributed by atoms with Crippen molar-refractivity contribution >= 4 is 21.4 Å². The highest BCUT2D eigenvalue weighted by molar-refractivity contribution is 7.89. The van der Waals surface area contributed by atoms with Crippen LogP contribution in [0.25, 0.3) is 0 Å². The topological polar surface area (TPSA) is 59.3 Å². The quantitative estimate of drug-likeness (QED) is 0.751. The number of nitrogens with one attached hydrogen (secondary N) is 1. The molecule has 0 fully saturated rings. The highest BCUT2D eigenvalue weighted by Gasteiger charge is 2.21. The van der Waals surface area contributed by atoms with Gasteiger partial charge in [-0.1, -0.05) is 18.2 Å². The van der Waals surface area contributed by atoms with E-state index in [1.165, 1.54) is 0 Å². The van der Waals surface area contributed by atoms with E-state index in [4.69, 9.17) is 4.42 Å². The van der Waals surface area contributed by atoms with E-state index < -0.39 is 10.0 Å². The van der Waals surface area contributed by atoms with Gasteiger partial charge in [-0.2, -0.15) is 11.3 Å². The number of rotatable bonds is 6. The first-order chi connectivity index (χ1) is 10.7. The van der Waals surface area contributed by atoms with Gasteiger partial charge in [-0.3, -0.25) is 0 Å². The van der Waals surface area contributed by atoms with Crippen LogP contribution in [0.1, 0.15) is 17.2 Å². The summed E-state index contributed by atoms with van der Waals surface area (Å²) in [5, 5.41) is 3.97. The summed E-state index contributed by atoms with van der Waals surface area (Å²) in [6, 6.07) is 14.0. The molecule has 114 valence electrons. The minimum Gasteiger partial charge on any atom is -0.469 e. The van der Waals surface area contributed by atoms with Crippen LogP contribution in [0.2, 0.25) is 0 Å². The molecule has 22 heavy (non-hydrogen) atoms. The van der Waals surface area contributed by atoms with Crippen LogP contribution in [-0.2, 0) is 10.0 Å². The predicted molar refractivity (Wildman–Crippen MR) is 86.5 cm³/mol. The Kier molecular flexibility index (Phi) is 4.42. The van der Waals surface area contributed by atoms with Gasteiger partial charge in [0.15, 0.2) is 0 Å². The molecule has 1 aromatic carbocycles.